The Kier molecular flexibility index (Phi) is 4.00. The minimum absolute atomic E-state index is 0.269. The number of hydrogen-bond acceptors (Lipinski definition) is 4. The van der Waals surface area contributed by atoms with Crippen LogP contribution in [0, 0.1) is 11.6 Å². The molecule has 2 aromatic carbocycles. The minimum Gasteiger partial charge on any atom is -0.383 e. The van der Waals surface area contributed by atoms with Crippen LogP contribution in [0.15, 0.2) is 48.7 Å². The van der Waals surface area contributed by atoms with Crippen molar-refractivity contribution in [3.05, 3.63) is 70.9 Å². The van der Waals surface area contributed by atoms with E-state index in [0.717, 1.165) is 0 Å². The molecule has 0 fully saturated rings. The van der Waals surface area contributed by atoms with Crippen LogP contribution in [0.5, 0.6) is 0 Å². The van der Waals surface area contributed by atoms with Gasteiger partial charge in [-0.3, -0.25) is 4.68 Å². The molecular weight excluding hydrogens is 360 g/mol. The summed E-state index contributed by atoms with van der Waals surface area (Å²) in [6, 6.07) is 9.99. The first-order valence-corrected chi connectivity index (χ1v) is 8.08. The molecular formula is C18H12ClF2N5. The lowest BCUT2D eigenvalue weighted by Crippen LogP contribution is -2.01. The third-order valence-corrected chi connectivity index (χ3v) is 4.26. The molecule has 4 rings (SSSR count). The number of nitrogen functional groups attached to an aromatic ring is 1. The molecule has 5 nitrogen and oxygen atoms in total. The molecule has 130 valence electrons. The zero-order valence-electron chi connectivity index (χ0n) is 13.3. The van der Waals surface area contributed by atoms with Gasteiger partial charge in [0.15, 0.2) is 11.5 Å². The van der Waals surface area contributed by atoms with E-state index >= 15 is 0 Å². The maximum atomic E-state index is 13.2. The fourth-order valence-electron chi connectivity index (χ4n) is 2.61. The molecule has 4 aromatic rings. The molecule has 0 saturated carbocycles. The maximum Gasteiger partial charge on any atom is 0.186 e. The van der Waals surface area contributed by atoms with Gasteiger partial charge in [0.25, 0.3) is 0 Å². The van der Waals surface area contributed by atoms with E-state index in [2.05, 4.69) is 15.1 Å². The van der Waals surface area contributed by atoms with E-state index in [1.165, 1.54) is 24.3 Å². The van der Waals surface area contributed by atoms with Crippen molar-refractivity contribution in [1.29, 1.82) is 0 Å². The molecule has 2 heterocycles. The molecule has 2 aromatic heterocycles. The lowest BCUT2D eigenvalue weighted by atomic mass is 10.2. The Morgan fingerprint density at radius 2 is 1.73 bits per heavy atom. The normalized spacial score (nSPS) is 11.2. The molecule has 26 heavy (non-hydrogen) atoms. The van der Waals surface area contributed by atoms with E-state index in [-0.39, 0.29) is 11.6 Å². The van der Waals surface area contributed by atoms with E-state index in [0.29, 0.717) is 39.6 Å². The van der Waals surface area contributed by atoms with Gasteiger partial charge in [0.1, 0.15) is 17.5 Å². The van der Waals surface area contributed by atoms with Gasteiger partial charge in [-0.25, -0.2) is 18.7 Å². The lowest BCUT2D eigenvalue weighted by Gasteiger charge is -2.04. The summed E-state index contributed by atoms with van der Waals surface area (Å²) in [7, 11) is 0. The van der Waals surface area contributed by atoms with Gasteiger partial charge in [-0.1, -0.05) is 17.7 Å². The van der Waals surface area contributed by atoms with Gasteiger partial charge in [0.2, 0.25) is 0 Å². The van der Waals surface area contributed by atoms with Crippen molar-refractivity contribution in [3.63, 3.8) is 0 Å². The van der Waals surface area contributed by atoms with E-state index in [1.807, 2.05) is 0 Å². The average molecular weight is 372 g/mol. The van der Waals surface area contributed by atoms with Crippen LogP contribution < -0.4 is 5.73 Å². The highest BCUT2D eigenvalue weighted by Crippen LogP contribution is 2.24. The predicted molar refractivity (Wildman–Crippen MR) is 95.6 cm³/mol. The first kappa shape index (κ1) is 16.4. The molecule has 0 bridgehead atoms. The minimum atomic E-state index is -0.400. The van der Waals surface area contributed by atoms with Crippen LogP contribution in [0.25, 0.3) is 22.4 Å². The monoisotopic (exact) mass is 371 g/mol. The van der Waals surface area contributed by atoms with Gasteiger partial charge in [-0.15, -0.1) is 0 Å². The zero-order valence-corrected chi connectivity index (χ0v) is 14.1. The van der Waals surface area contributed by atoms with Gasteiger partial charge in [0, 0.05) is 16.8 Å². The number of fused-ring (bicyclic) bond motifs is 1. The predicted octanol–water partition coefficient (Wildman–Crippen LogP) is 4.06. The molecule has 0 saturated heterocycles. The van der Waals surface area contributed by atoms with Gasteiger partial charge < -0.3 is 5.73 Å². The van der Waals surface area contributed by atoms with Crippen molar-refractivity contribution < 1.29 is 8.78 Å². The summed E-state index contributed by atoms with van der Waals surface area (Å²) >= 11 is 6.06. The summed E-state index contributed by atoms with van der Waals surface area (Å²) in [5, 5.41) is 5.30. The Bertz CT molecular complexity index is 1110. The molecule has 0 aliphatic carbocycles. The number of nitrogens with zero attached hydrogens (tertiary/aromatic N) is 4. The highest BCUT2D eigenvalue weighted by molar-refractivity contribution is 6.31. The van der Waals surface area contributed by atoms with Crippen LogP contribution in [0.4, 0.5) is 14.6 Å². The fourth-order valence-corrected chi connectivity index (χ4v) is 2.83. The van der Waals surface area contributed by atoms with E-state index < -0.39 is 5.82 Å². The molecule has 0 radical (unpaired) electrons. The highest BCUT2D eigenvalue weighted by atomic mass is 35.5. The Morgan fingerprint density at radius 1 is 1.00 bits per heavy atom. The smallest absolute Gasteiger partial charge is 0.186 e. The zero-order chi connectivity index (χ0) is 18.3. The molecule has 8 heteroatoms. The molecule has 0 aliphatic rings. The van der Waals surface area contributed by atoms with Crippen LogP contribution in [0.1, 0.15) is 5.56 Å². The van der Waals surface area contributed by atoms with Crippen molar-refractivity contribution in [3.8, 4) is 11.4 Å². The topological polar surface area (TPSA) is 69.6 Å². The van der Waals surface area contributed by atoms with Crippen molar-refractivity contribution in [2.24, 2.45) is 0 Å². The lowest BCUT2D eigenvalue weighted by molar-refractivity contribution is 0.624. The Labute approximate surface area is 152 Å². The number of halogens is 3. The second-order valence-electron chi connectivity index (χ2n) is 5.74. The Hall–Kier alpha value is -3.06. The van der Waals surface area contributed by atoms with Crippen molar-refractivity contribution in [2.45, 2.75) is 6.54 Å². The summed E-state index contributed by atoms with van der Waals surface area (Å²) < 4.78 is 27.9. The molecule has 2 N–H and O–H groups in total. The number of anilines is 1. The largest absolute Gasteiger partial charge is 0.383 e. The number of nitrogens with two attached hydrogens (primary N) is 1. The summed E-state index contributed by atoms with van der Waals surface area (Å²) in [4.78, 5) is 8.66. The second kappa shape index (κ2) is 6.34. The number of rotatable bonds is 3. The van der Waals surface area contributed by atoms with Crippen molar-refractivity contribution in [1.82, 2.24) is 19.7 Å². The summed E-state index contributed by atoms with van der Waals surface area (Å²) in [6.07, 6.45) is 1.71. The standard InChI is InChI=1S/C18H12ClF2N5/c19-15-7-13(21)6-3-11(15)8-26-9-14-16(22)23-17(24-18(14)25-26)10-1-4-12(20)5-2-10/h1-7,9H,8H2,(H2,22,23,24,25). The molecule has 0 amide bonds. The number of benzene rings is 2. The van der Waals surface area contributed by atoms with Crippen LogP contribution in [0.3, 0.4) is 0 Å². The third kappa shape index (κ3) is 3.09. The molecule has 0 atom stereocenters. The van der Waals surface area contributed by atoms with Crippen LogP contribution in [0.2, 0.25) is 5.02 Å². The number of hydrogen-bond donors (Lipinski definition) is 1. The highest BCUT2D eigenvalue weighted by Gasteiger charge is 2.12. The van der Waals surface area contributed by atoms with E-state index in [9.17, 15) is 8.78 Å². The summed E-state index contributed by atoms with van der Waals surface area (Å²) in [5.74, 6) is -0.113. The Balaban J connectivity index is 1.72. The van der Waals surface area contributed by atoms with Crippen LogP contribution in [-0.2, 0) is 6.54 Å². The maximum absolute atomic E-state index is 13.2. The number of aromatic nitrogens is 4. The second-order valence-corrected chi connectivity index (χ2v) is 6.15. The summed E-state index contributed by atoms with van der Waals surface area (Å²) in [5.41, 5.74) is 7.79. The van der Waals surface area contributed by atoms with Crippen molar-refractivity contribution in [2.75, 3.05) is 5.73 Å². The van der Waals surface area contributed by atoms with Gasteiger partial charge in [-0.2, -0.15) is 5.10 Å². The first-order valence-electron chi connectivity index (χ1n) is 7.70. The fraction of sp³-hybridized carbons (Fsp3) is 0.0556. The molecule has 0 aliphatic heterocycles. The van der Waals surface area contributed by atoms with Gasteiger partial charge in [0.05, 0.1) is 11.9 Å². The van der Waals surface area contributed by atoms with Crippen LogP contribution in [-0.4, -0.2) is 19.7 Å². The van der Waals surface area contributed by atoms with Crippen molar-refractivity contribution >= 4 is 28.5 Å². The van der Waals surface area contributed by atoms with Gasteiger partial charge in [-0.05, 0) is 42.0 Å². The summed E-state index contributed by atoms with van der Waals surface area (Å²) in [6.45, 7) is 0.334. The third-order valence-electron chi connectivity index (χ3n) is 3.91. The average Bonchev–Trinajstić information content (AvgIpc) is 3.01. The molecule has 0 unspecified atom stereocenters. The molecule has 0 spiro atoms. The first-order chi connectivity index (χ1) is 12.5. The van der Waals surface area contributed by atoms with Gasteiger partial charge >= 0.3 is 0 Å². The van der Waals surface area contributed by atoms with Crippen LogP contribution >= 0.6 is 11.6 Å². The quantitative estimate of drug-likeness (QED) is 0.589. The Morgan fingerprint density at radius 3 is 2.46 bits per heavy atom. The van der Waals surface area contributed by atoms with E-state index in [4.69, 9.17) is 17.3 Å². The van der Waals surface area contributed by atoms with E-state index in [1.54, 1.807) is 29.1 Å². The SMILES string of the molecule is Nc1nc(-c2ccc(F)cc2)nc2nn(Cc3ccc(F)cc3Cl)cc12.